The SMILES string of the molecule is Cc1cc(NC(=O)N[C@H](C)c2ccc3c(c2)CC(=O)N3)no1. The van der Waals surface area contributed by atoms with E-state index in [1.165, 1.54) is 0 Å². The summed E-state index contributed by atoms with van der Waals surface area (Å²) >= 11 is 0. The van der Waals surface area contributed by atoms with Crippen molar-refractivity contribution >= 4 is 23.4 Å². The van der Waals surface area contributed by atoms with E-state index in [0.29, 0.717) is 18.0 Å². The van der Waals surface area contributed by atoms with Gasteiger partial charge in [0.1, 0.15) is 5.76 Å². The Balaban J connectivity index is 1.64. The van der Waals surface area contributed by atoms with Crippen LogP contribution in [0.1, 0.15) is 29.9 Å². The molecule has 22 heavy (non-hydrogen) atoms. The zero-order valence-electron chi connectivity index (χ0n) is 12.3. The maximum Gasteiger partial charge on any atom is 0.320 e. The molecule has 1 aliphatic rings. The highest BCUT2D eigenvalue weighted by atomic mass is 16.5. The van der Waals surface area contributed by atoms with Gasteiger partial charge in [0.05, 0.1) is 12.5 Å². The number of aromatic nitrogens is 1. The zero-order valence-corrected chi connectivity index (χ0v) is 12.3. The monoisotopic (exact) mass is 300 g/mol. The van der Waals surface area contributed by atoms with E-state index in [0.717, 1.165) is 16.8 Å². The number of carbonyl (C=O) groups excluding carboxylic acids is 2. The molecule has 0 spiro atoms. The Morgan fingerprint density at radius 1 is 1.41 bits per heavy atom. The third kappa shape index (κ3) is 2.93. The van der Waals surface area contributed by atoms with Crippen molar-refractivity contribution in [3.63, 3.8) is 0 Å². The molecule has 0 aliphatic carbocycles. The van der Waals surface area contributed by atoms with E-state index >= 15 is 0 Å². The third-order valence-electron chi connectivity index (χ3n) is 3.47. The lowest BCUT2D eigenvalue weighted by Crippen LogP contribution is -2.31. The van der Waals surface area contributed by atoms with Gasteiger partial charge >= 0.3 is 6.03 Å². The van der Waals surface area contributed by atoms with Gasteiger partial charge in [0.2, 0.25) is 5.91 Å². The molecule has 2 heterocycles. The number of aryl methyl sites for hydroxylation is 1. The molecule has 0 unspecified atom stereocenters. The zero-order chi connectivity index (χ0) is 15.7. The van der Waals surface area contributed by atoms with Crippen molar-refractivity contribution in [2.24, 2.45) is 0 Å². The predicted molar refractivity (Wildman–Crippen MR) is 80.6 cm³/mol. The van der Waals surface area contributed by atoms with Crippen LogP contribution < -0.4 is 16.0 Å². The van der Waals surface area contributed by atoms with Crippen LogP contribution in [-0.2, 0) is 11.2 Å². The molecular formula is C15H16N4O3. The van der Waals surface area contributed by atoms with Gasteiger partial charge in [-0.3, -0.25) is 10.1 Å². The highest BCUT2D eigenvalue weighted by Gasteiger charge is 2.19. The first-order valence-electron chi connectivity index (χ1n) is 6.95. The van der Waals surface area contributed by atoms with Gasteiger partial charge < -0.3 is 15.2 Å². The number of benzene rings is 1. The molecule has 3 N–H and O–H groups in total. The van der Waals surface area contributed by atoms with Crippen molar-refractivity contribution in [2.75, 3.05) is 10.6 Å². The number of hydrogen-bond acceptors (Lipinski definition) is 4. The van der Waals surface area contributed by atoms with Crippen molar-refractivity contribution < 1.29 is 14.1 Å². The lowest BCUT2D eigenvalue weighted by Gasteiger charge is -2.15. The minimum atomic E-state index is -0.365. The molecule has 3 rings (SSSR count). The van der Waals surface area contributed by atoms with Crippen LogP contribution in [0.25, 0.3) is 0 Å². The van der Waals surface area contributed by atoms with Gasteiger partial charge in [0.25, 0.3) is 0 Å². The predicted octanol–water partition coefficient (Wildman–Crippen LogP) is 2.36. The Labute approximate surface area is 127 Å². The van der Waals surface area contributed by atoms with E-state index in [9.17, 15) is 9.59 Å². The van der Waals surface area contributed by atoms with E-state index in [1.54, 1.807) is 13.0 Å². The van der Waals surface area contributed by atoms with Gasteiger partial charge in [0, 0.05) is 11.8 Å². The van der Waals surface area contributed by atoms with Crippen LogP contribution in [0.3, 0.4) is 0 Å². The van der Waals surface area contributed by atoms with Crippen LogP contribution >= 0.6 is 0 Å². The van der Waals surface area contributed by atoms with Crippen LogP contribution in [0.2, 0.25) is 0 Å². The molecule has 1 aromatic carbocycles. The lowest BCUT2D eigenvalue weighted by atomic mass is 10.0. The first-order chi connectivity index (χ1) is 10.5. The molecule has 1 atom stereocenters. The highest BCUT2D eigenvalue weighted by Crippen LogP contribution is 2.26. The van der Waals surface area contributed by atoms with Crippen LogP contribution in [0.15, 0.2) is 28.8 Å². The number of rotatable bonds is 3. The van der Waals surface area contributed by atoms with Crippen LogP contribution in [0, 0.1) is 6.92 Å². The second-order valence-corrected chi connectivity index (χ2v) is 5.28. The molecule has 3 amide bonds. The molecule has 0 fully saturated rings. The average Bonchev–Trinajstić information content (AvgIpc) is 3.02. The molecule has 0 radical (unpaired) electrons. The Bertz CT molecular complexity index is 738. The Morgan fingerprint density at radius 3 is 2.95 bits per heavy atom. The molecule has 0 bridgehead atoms. The summed E-state index contributed by atoms with van der Waals surface area (Å²) in [5.41, 5.74) is 2.72. The van der Waals surface area contributed by atoms with Gasteiger partial charge in [0.15, 0.2) is 5.82 Å². The molecule has 0 saturated carbocycles. The maximum absolute atomic E-state index is 11.9. The topological polar surface area (TPSA) is 96.3 Å². The fraction of sp³-hybridized carbons (Fsp3) is 0.267. The van der Waals surface area contributed by atoms with Gasteiger partial charge in [-0.05, 0) is 31.0 Å². The summed E-state index contributed by atoms with van der Waals surface area (Å²) in [5, 5.41) is 11.9. The van der Waals surface area contributed by atoms with Gasteiger partial charge in [-0.1, -0.05) is 17.3 Å². The van der Waals surface area contributed by atoms with Crippen molar-refractivity contribution in [3.8, 4) is 0 Å². The third-order valence-corrected chi connectivity index (χ3v) is 3.47. The van der Waals surface area contributed by atoms with E-state index in [-0.39, 0.29) is 18.0 Å². The smallest absolute Gasteiger partial charge is 0.320 e. The molecule has 1 aliphatic heterocycles. The quantitative estimate of drug-likeness (QED) is 0.810. The van der Waals surface area contributed by atoms with Crippen molar-refractivity contribution in [1.82, 2.24) is 10.5 Å². The van der Waals surface area contributed by atoms with Crippen LogP contribution in [0.5, 0.6) is 0 Å². The number of anilines is 2. The number of nitrogens with one attached hydrogen (secondary N) is 3. The first kappa shape index (κ1) is 14.1. The van der Waals surface area contributed by atoms with Crippen LogP contribution in [0.4, 0.5) is 16.3 Å². The normalized spacial score (nSPS) is 14.2. The largest absolute Gasteiger partial charge is 0.360 e. The standard InChI is InChI=1S/C15H16N4O3/c1-8-5-13(19-22-8)18-15(21)16-9(2)10-3-4-12-11(6-10)7-14(20)17-12/h3-6,9H,7H2,1-2H3,(H,17,20)(H2,16,18,19,21)/t9-/m1/s1. The minimum Gasteiger partial charge on any atom is -0.360 e. The van der Waals surface area contributed by atoms with Crippen molar-refractivity contribution in [1.29, 1.82) is 0 Å². The fourth-order valence-corrected chi connectivity index (χ4v) is 2.38. The maximum atomic E-state index is 11.9. The van der Waals surface area contributed by atoms with Crippen LogP contribution in [-0.4, -0.2) is 17.1 Å². The number of urea groups is 1. The summed E-state index contributed by atoms with van der Waals surface area (Å²) in [6.07, 6.45) is 0.375. The molecule has 1 aromatic heterocycles. The number of hydrogen-bond donors (Lipinski definition) is 3. The highest BCUT2D eigenvalue weighted by molar-refractivity contribution is 5.99. The summed E-state index contributed by atoms with van der Waals surface area (Å²) in [6, 6.07) is 6.74. The Morgan fingerprint density at radius 2 is 2.23 bits per heavy atom. The number of fused-ring (bicyclic) bond motifs is 1. The molecule has 7 heteroatoms. The summed E-state index contributed by atoms with van der Waals surface area (Å²) < 4.78 is 4.88. The number of nitrogens with zero attached hydrogens (tertiary/aromatic N) is 1. The van der Waals surface area contributed by atoms with E-state index in [1.807, 2.05) is 25.1 Å². The first-order valence-corrected chi connectivity index (χ1v) is 6.95. The Kier molecular flexibility index (Phi) is 3.54. The number of carbonyl (C=O) groups is 2. The summed E-state index contributed by atoms with van der Waals surface area (Å²) in [4.78, 5) is 23.3. The van der Waals surface area contributed by atoms with Crippen molar-refractivity contribution in [3.05, 3.63) is 41.2 Å². The molecule has 2 aromatic rings. The minimum absolute atomic E-state index is 0.00749. The molecular weight excluding hydrogens is 284 g/mol. The van der Waals surface area contributed by atoms with Gasteiger partial charge in [-0.25, -0.2) is 4.79 Å². The fourth-order valence-electron chi connectivity index (χ4n) is 2.38. The second-order valence-electron chi connectivity index (χ2n) is 5.28. The summed E-state index contributed by atoms with van der Waals surface area (Å²) in [7, 11) is 0. The van der Waals surface area contributed by atoms with Gasteiger partial charge in [-0.15, -0.1) is 0 Å². The second kappa shape index (κ2) is 5.51. The van der Waals surface area contributed by atoms with E-state index in [4.69, 9.17) is 4.52 Å². The number of amides is 3. The summed E-state index contributed by atoms with van der Waals surface area (Å²) in [5.74, 6) is 0.983. The van der Waals surface area contributed by atoms with E-state index < -0.39 is 0 Å². The molecule has 7 nitrogen and oxygen atoms in total. The molecule has 0 saturated heterocycles. The van der Waals surface area contributed by atoms with Crippen molar-refractivity contribution in [2.45, 2.75) is 26.3 Å². The summed E-state index contributed by atoms with van der Waals surface area (Å²) in [6.45, 7) is 3.62. The molecule has 114 valence electrons. The lowest BCUT2D eigenvalue weighted by molar-refractivity contribution is -0.115. The Hall–Kier alpha value is -2.83. The average molecular weight is 300 g/mol. The van der Waals surface area contributed by atoms with E-state index in [2.05, 4.69) is 21.1 Å². The van der Waals surface area contributed by atoms with Gasteiger partial charge in [-0.2, -0.15) is 0 Å².